The SMILES string of the molecule is CCN1CC(C)(CC)CCC1=O. The Hall–Kier alpha value is -0.530. The molecule has 1 saturated heterocycles. The smallest absolute Gasteiger partial charge is 0.222 e. The summed E-state index contributed by atoms with van der Waals surface area (Å²) < 4.78 is 0. The Labute approximate surface area is 74.9 Å². The topological polar surface area (TPSA) is 20.3 Å². The van der Waals surface area contributed by atoms with Gasteiger partial charge in [0.1, 0.15) is 0 Å². The van der Waals surface area contributed by atoms with Crippen LogP contribution in [0.3, 0.4) is 0 Å². The fourth-order valence-electron chi connectivity index (χ4n) is 1.77. The summed E-state index contributed by atoms with van der Waals surface area (Å²) in [5.74, 6) is 0.337. The van der Waals surface area contributed by atoms with Crippen LogP contribution >= 0.6 is 0 Å². The second-order valence-corrected chi connectivity index (χ2v) is 4.07. The van der Waals surface area contributed by atoms with E-state index >= 15 is 0 Å². The highest BCUT2D eigenvalue weighted by molar-refractivity contribution is 5.77. The maximum absolute atomic E-state index is 11.4. The fourth-order valence-corrected chi connectivity index (χ4v) is 1.77. The van der Waals surface area contributed by atoms with Gasteiger partial charge in [0.15, 0.2) is 0 Å². The van der Waals surface area contributed by atoms with Gasteiger partial charge in [-0.05, 0) is 25.2 Å². The monoisotopic (exact) mass is 169 g/mol. The van der Waals surface area contributed by atoms with E-state index in [1.54, 1.807) is 0 Å². The Kier molecular flexibility index (Phi) is 2.76. The molecule has 2 nitrogen and oxygen atoms in total. The van der Waals surface area contributed by atoms with Crippen LogP contribution in [0.2, 0.25) is 0 Å². The Morgan fingerprint density at radius 3 is 2.67 bits per heavy atom. The molecule has 0 bridgehead atoms. The standard InChI is InChI=1S/C10H19NO/c1-4-10(3)7-6-9(12)11(5-2)8-10/h4-8H2,1-3H3. The number of rotatable bonds is 2. The van der Waals surface area contributed by atoms with Gasteiger partial charge in [-0.15, -0.1) is 0 Å². The van der Waals surface area contributed by atoms with Crippen LogP contribution in [-0.2, 0) is 4.79 Å². The molecule has 2 heteroatoms. The van der Waals surface area contributed by atoms with E-state index in [1.807, 2.05) is 4.90 Å². The lowest BCUT2D eigenvalue weighted by Gasteiger charge is -2.39. The number of likely N-dealkylation sites (tertiary alicyclic amines) is 1. The maximum atomic E-state index is 11.4. The lowest BCUT2D eigenvalue weighted by Crippen LogP contribution is -2.44. The number of piperidine rings is 1. The first kappa shape index (κ1) is 9.56. The van der Waals surface area contributed by atoms with Crippen molar-refractivity contribution in [1.82, 2.24) is 4.90 Å². The van der Waals surface area contributed by atoms with Gasteiger partial charge in [0.2, 0.25) is 5.91 Å². The molecule has 0 aromatic heterocycles. The van der Waals surface area contributed by atoms with Gasteiger partial charge >= 0.3 is 0 Å². The third kappa shape index (κ3) is 1.79. The van der Waals surface area contributed by atoms with Gasteiger partial charge < -0.3 is 4.90 Å². The molecule has 1 rings (SSSR count). The Bertz CT molecular complexity index is 179. The highest BCUT2D eigenvalue weighted by atomic mass is 16.2. The second kappa shape index (κ2) is 3.46. The van der Waals surface area contributed by atoms with Gasteiger partial charge in [0, 0.05) is 19.5 Å². The first-order valence-corrected chi connectivity index (χ1v) is 4.89. The zero-order valence-corrected chi connectivity index (χ0v) is 8.39. The third-order valence-electron chi connectivity index (χ3n) is 3.10. The molecule has 0 aromatic carbocycles. The molecular formula is C10H19NO. The first-order valence-electron chi connectivity index (χ1n) is 4.89. The first-order chi connectivity index (χ1) is 5.61. The molecular weight excluding hydrogens is 150 g/mol. The van der Waals surface area contributed by atoms with Crippen LogP contribution in [0.4, 0.5) is 0 Å². The molecule has 1 aliphatic rings. The highest BCUT2D eigenvalue weighted by Gasteiger charge is 2.32. The summed E-state index contributed by atoms with van der Waals surface area (Å²) in [5, 5.41) is 0. The van der Waals surface area contributed by atoms with Crippen molar-refractivity contribution in [3.63, 3.8) is 0 Å². The summed E-state index contributed by atoms with van der Waals surface area (Å²) in [7, 11) is 0. The molecule has 1 atom stereocenters. The molecule has 1 amide bonds. The van der Waals surface area contributed by atoms with Crippen LogP contribution in [0.5, 0.6) is 0 Å². The molecule has 0 N–H and O–H groups in total. The molecule has 0 spiro atoms. The highest BCUT2D eigenvalue weighted by Crippen LogP contribution is 2.32. The molecule has 0 saturated carbocycles. The lowest BCUT2D eigenvalue weighted by molar-refractivity contribution is -0.136. The zero-order chi connectivity index (χ0) is 9.19. The molecule has 1 aliphatic heterocycles. The van der Waals surface area contributed by atoms with Gasteiger partial charge in [0.25, 0.3) is 0 Å². The van der Waals surface area contributed by atoms with E-state index in [2.05, 4.69) is 20.8 Å². The summed E-state index contributed by atoms with van der Waals surface area (Å²) in [6.45, 7) is 8.37. The van der Waals surface area contributed by atoms with Crippen LogP contribution in [0.25, 0.3) is 0 Å². The summed E-state index contributed by atoms with van der Waals surface area (Å²) in [5.41, 5.74) is 0.379. The van der Waals surface area contributed by atoms with Crippen molar-refractivity contribution in [2.75, 3.05) is 13.1 Å². The Morgan fingerprint density at radius 1 is 1.50 bits per heavy atom. The molecule has 0 aromatic rings. The number of amides is 1. The number of hydrogen-bond donors (Lipinski definition) is 0. The zero-order valence-electron chi connectivity index (χ0n) is 8.39. The van der Waals surface area contributed by atoms with Crippen molar-refractivity contribution >= 4 is 5.91 Å². The Morgan fingerprint density at radius 2 is 2.17 bits per heavy atom. The van der Waals surface area contributed by atoms with E-state index in [9.17, 15) is 4.79 Å². The van der Waals surface area contributed by atoms with Gasteiger partial charge in [-0.25, -0.2) is 0 Å². The fraction of sp³-hybridized carbons (Fsp3) is 0.900. The minimum Gasteiger partial charge on any atom is -0.342 e. The van der Waals surface area contributed by atoms with Gasteiger partial charge in [-0.3, -0.25) is 4.79 Å². The summed E-state index contributed by atoms with van der Waals surface area (Å²) in [4.78, 5) is 13.3. The Balaban J connectivity index is 2.61. The van der Waals surface area contributed by atoms with Crippen molar-refractivity contribution in [3.05, 3.63) is 0 Å². The van der Waals surface area contributed by atoms with E-state index < -0.39 is 0 Å². The average Bonchev–Trinajstić information content (AvgIpc) is 2.10. The minimum absolute atomic E-state index is 0.337. The lowest BCUT2D eigenvalue weighted by atomic mass is 9.79. The summed E-state index contributed by atoms with van der Waals surface area (Å²) in [6, 6.07) is 0. The van der Waals surface area contributed by atoms with Crippen LogP contribution in [0, 0.1) is 5.41 Å². The number of carbonyl (C=O) groups excluding carboxylic acids is 1. The predicted octanol–water partition coefficient (Wildman–Crippen LogP) is 2.04. The number of carbonyl (C=O) groups is 1. The normalized spacial score (nSPS) is 30.9. The van der Waals surface area contributed by atoms with Gasteiger partial charge in [-0.1, -0.05) is 13.8 Å². The van der Waals surface area contributed by atoms with Crippen molar-refractivity contribution in [2.45, 2.75) is 40.0 Å². The average molecular weight is 169 g/mol. The van der Waals surface area contributed by atoms with E-state index in [0.717, 1.165) is 25.9 Å². The third-order valence-corrected chi connectivity index (χ3v) is 3.10. The molecule has 1 unspecified atom stereocenters. The van der Waals surface area contributed by atoms with E-state index in [4.69, 9.17) is 0 Å². The molecule has 1 heterocycles. The molecule has 1 fully saturated rings. The second-order valence-electron chi connectivity index (χ2n) is 4.07. The van der Waals surface area contributed by atoms with Crippen LogP contribution < -0.4 is 0 Å². The summed E-state index contributed by atoms with van der Waals surface area (Å²) in [6.07, 6.45) is 2.99. The van der Waals surface area contributed by atoms with Crippen molar-refractivity contribution < 1.29 is 4.79 Å². The minimum atomic E-state index is 0.337. The van der Waals surface area contributed by atoms with E-state index in [1.165, 1.54) is 6.42 Å². The molecule has 0 aliphatic carbocycles. The quantitative estimate of drug-likeness (QED) is 0.619. The molecule has 12 heavy (non-hydrogen) atoms. The number of hydrogen-bond acceptors (Lipinski definition) is 1. The van der Waals surface area contributed by atoms with Gasteiger partial charge in [-0.2, -0.15) is 0 Å². The maximum Gasteiger partial charge on any atom is 0.222 e. The largest absolute Gasteiger partial charge is 0.342 e. The molecule has 70 valence electrons. The molecule has 0 radical (unpaired) electrons. The van der Waals surface area contributed by atoms with Crippen molar-refractivity contribution in [3.8, 4) is 0 Å². The number of nitrogens with zero attached hydrogens (tertiary/aromatic N) is 1. The van der Waals surface area contributed by atoms with E-state index in [-0.39, 0.29) is 0 Å². The van der Waals surface area contributed by atoms with Crippen LogP contribution in [-0.4, -0.2) is 23.9 Å². The summed E-state index contributed by atoms with van der Waals surface area (Å²) >= 11 is 0. The van der Waals surface area contributed by atoms with E-state index in [0.29, 0.717) is 11.3 Å². The van der Waals surface area contributed by atoms with Crippen molar-refractivity contribution in [2.24, 2.45) is 5.41 Å². The van der Waals surface area contributed by atoms with Crippen LogP contribution in [0.15, 0.2) is 0 Å². The van der Waals surface area contributed by atoms with Gasteiger partial charge in [0.05, 0.1) is 0 Å². The van der Waals surface area contributed by atoms with Crippen LogP contribution in [0.1, 0.15) is 40.0 Å². The van der Waals surface area contributed by atoms with Crippen molar-refractivity contribution in [1.29, 1.82) is 0 Å². The predicted molar refractivity (Wildman–Crippen MR) is 49.9 cm³/mol.